The van der Waals surface area contributed by atoms with Gasteiger partial charge >= 0.3 is 12.2 Å². The molecule has 0 unspecified atom stereocenters. The Morgan fingerprint density at radius 3 is 2.44 bits per heavy atom. The van der Waals surface area contributed by atoms with Gasteiger partial charge in [-0.3, -0.25) is 0 Å². The highest BCUT2D eigenvalue weighted by molar-refractivity contribution is 7.90. The molecule has 0 atom stereocenters. The zero-order valence-corrected chi connectivity index (χ0v) is 15.8. The van der Waals surface area contributed by atoms with Gasteiger partial charge in [0.15, 0.2) is 0 Å². The lowest BCUT2D eigenvalue weighted by molar-refractivity contribution is 0.150. The van der Waals surface area contributed by atoms with Gasteiger partial charge in [-0.2, -0.15) is 0 Å². The van der Waals surface area contributed by atoms with E-state index in [0.29, 0.717) is 10.8 Å². The van der Waals surface area contributed by atoms with E-state index in [1.807, 2.05) is 13.0 Å². The molecule has 10 heteroatoms. The number of carbonyl (C=O) groups is 2. The number of carbonyl (C=O) groups excluding carboxylic acids is 2. The Labute approximate surface area is 161 Å². The Bertz CT molecular complexity index is 915. The van der Waals surface area contributed by atoms with Crippen LogP contribution >= 0.6 is 11.6 Å². The van der Waals surface area contributed by atoms with E-state index in [1.165, 1.54) is 24.3 Å². The largest absolute Gasteiger partial charge is 0.447 e. The summed E-state index contributed by atoms with van der Waals surface area (Å²) in [7, 11) is -4.07. The highest BCUT2D eigenvalue weighted by Crippen LogP contribution is 2.14. The van der Waals surface area contributed by atoms with Gasteiger partial charge in [0.1, 0.15) is 12.4 Å². The van der Waals surface area contributed by atoms with Crippen molar-refractivity contribution in [3.63, 3.8) is 0 Å². The molecule has 0 heterocycles. The maximum Gasteiger partial charge on any atom is 0.421 e. The van der Waals surface area contributed by atoms with Gasteiger partial charge in [-0.05, 0) is 48.9 Å². The average molecular weight is 413 g/mol. The maximum absolute atomic E-state index is 12.0. The fraction of sp³-hybridized carbons (Fsp3) is 0.176. The van der Waals surface area contributed by atoms with Crippen LogP contribution in [0.2, 0.25) is 5.02 Å². The Balaban J connectivity index is 1.72. The summed E-state index contributed by atoms with van der Waals surface area (Å²) in [6.45, 7) is 1.55. The van der Waals surface area contributed by atoms with E-state index in [2.05, 4.69) is 5.32 Å². The lowest BCUT2D eigenvalue weighted by Crippen LogP contribution is -2.34. The molecular weight excluding hydrogens is 396 g/mol. The molecule has 0 radical (unpaired) electrons. The van der Waals surface area contributed by atoms with Crippen molar-refractivity contribution in [1.29, 1.82) is 0 Å². The summed E-state index contributed by atoms with van der Waals surface area (Å²) in [5.41, 5.74) is 0.933. The molecule has 0 saturated carbocycles. The molecule has 2 aromatic carbocycles. The van der Waals surface area contributed by atoms with Crippen LogP contribution < -0.4 is 14.8 Å². The molecule has 27 heavy (non-hydrogen) atoms. The lowest BCUT2D eigenvalue weighted by atomic mass is 10.2. The van der Waals surface area contributed by atoms with Crippen molar-refractivity contribution in [3.8, 4) is 5.75 Å². The first kappa shape index (κ1) is 20.5. The molecule has 0 aliphatic rings. The molecule has 0 fully saturated rings. The average Bonchev–Trinajstić information content (AvgIpc) is 2.59. The summed E-state index contributed by atoms with van der Waals surface area (Å²) < 4.78 is 35.5. The Morgan fingerprint density at radius 1 is 1.07 bits per heavy atom. The number of hydrogen-bond acceptors (Lipinski definition) is 6. The van der Waals surface area contributed by atoms with Crippen LogP contribution in [0.4, 0.5) is 9.59 Å². The van der Waals surface area contributed by atoms with Crippen molar-refractivity contribution in [2.45, 2.75) is 11.8 Å². The minimum absolute atomic E-state index is 0.0565. The SMILES string of the molecule is Cc1cccc(OC(=O)NCCOC(=O)NS(=O)(=O)c2ccc(Cl)cc2)c1. The summed E-state index contributed by atoms with van der Waals surface area (Å²) in [4.78, 5) is 23.1. The summed E-state index contributed by atoms with van der Waals surface area (Å²) in [5, 5.41) is 2.74. The van der Waals surface area contributed by atoms with E-state index in [1.54, 1.807) is 22.9 Å². The second-order valence-electron chi connectivity index (χ2n) is 5.33. The number of amides is 2. The standard InChI is InChI=1S/C17H17ClN2O6S/c1-12-3-2-4-14(11-12)26-16(21)19-9-10-25-17(22)20-27(23,24)15-7-5-13(18)6-8-15/h2-8,11H,9-10H2,1H3,(H,19,21)(H,20,22). The number of benzene rings is 2. The molecule has 8 nitrogen and oxygen atoms in total. The Hall–Kier alpha value is -2.78. The minimum Gasteiger partial charge on any atom is -0.447 e. The summed E-state index contributed by atoms with van der Waals surface area (Å²) in [6, 6.07) is 12.2. The van der Waals surface area contributed by atoms with E-state index >= 15 is 0 Å². The second kappa shape index (κ2) is 9.24. The van der Waals surface area contributed by atoms with Gasteiger partial charge in [0.2, 0.25) is 0 Å². The van der Waals surface area contributed by atoms with Gasteiger partial charge in [0, 0.05) is 5.02 Å². The van der Waals surface area contributed by atoms with Crippen molar-refractivity contribution in [1.82, 2.24) is 10.0 Å². The fourth-order valence-corrected chi connectivity index (χ4v) is 2.95. The third-order valence-corrected chi connectivity index (χ3v) is 4.73. The van der Waals surface area contributed by atoms with Crippen molar-refractivity contribution in [2.24, 2.45) is 0 Å². The first-order valence-corrected chi connectivity index (χ1v) is 9.60. The van der Waals surface area contributed by atoms with Crippen molar-refractivity contribution in [2.75, 3.05) is 13.2 Å². The minimum atomic E-state index is -4.07. The quantitative estimate of drug-likeness (QED) is 0.706. The van der Waals surface area contributed by atoms with Gasteiger partial charge < -0.3 is 14.8 Å². The summed E-state index contributed by atoms with van der Waals surface area (Å²) >= 11 is 5.68. The summed E-state index contributed by atoms with van der Waals surface area (Å²) in [5.74, 6) is 0.375. The highest BCUT2D eigenvalue weighted by atomic mass is 35.5. The molecule has 0 aliphatic heterocycles. The van der Waals surface area contributed by atoms with Crippen LogP contribution in [0.3, 0.4) is 0 Å². The lowest BCUT2D eigenvalue weighted by Gasteiger charge is -2.09. The molecule has 2 amide bonds. The molecule has 144 valence electrons. The van der Waals surface area contributed by atoms with Crippen LogP contribution in [0, 0.1) is 6.92 Å². The van der Waals surface area contributed by atoms with Crippen molar-refractivity contribution >= 4 is 33.8 Å². The predicted molar refractivity (Wildman–Crippen MR) is 98.3 cm³/mol. The van der Waals surface area contributed by atoms with Crippen LogP contribution in [0.5, 0.6) is 5.75 Å². The van der Waals surface area contributed by atoms with Gasteiger partial charge in [-0.25, -0.2) is 22.7 Å². The van der Waals surface area contributed by atoms with Crippen molar-refractivity contribution < 1.29 is 27.5 Å². The number of ether oxygens (including phenoxy) is 2. The van der Waals surface area contributed by atoms with Gasteiger partial charge in [0.05, 0.1) is 11.4 Å². The molecule has 2 aromatic rings. The van der Waals surface area contributed by atoms with Gasteiger partial charge in [0.25, 0.3) is 10.0 Å². The topological polar surface area (TPSA) is 111 Å². The highest BCUT2D eigenvalue weighted by Gasteiger charge is 2.18. The second-order valence-corrected chi connectivity index (χ2v) is 7.45. The number of rotatable bonds is 6. The first-order valence-electron chi connectivity index (χ1n) is 7.74. The van der Waals surface area contributed by atoms with E-state index in [0.717, 1.165) is 5.56 Å². The molecule has 0 aromatic heterocycles. The van der Waals surface area contributed by atoms with Crippen molar-refractivity contribution in [3.05, 3.63) is 59.1 Å². The normalized spacial score (nSPS) is 10.7. The first-order chi connectivity index (χ1) is 12.8. The van der Waals surface area contributed by atoms with Gasteiger partial charge in [-0.15, -0.1) is 0 Å². The number of nitrogens with one attached hydrogen (secondary N) is 2. The Kier molecular flexibility index (Phi) is 7.03. The van der Waals surface area contributed by atoms with Crippen LogP contribution in [-0.2, 0) is 14.8 Å². The summed E-state index contributed by atoms with van der Waals surface area (Å²) in [6.07, 6.45) is -1.89. The smallest absolute Gasteiger partial charge is 0.421 e. The number of hydrogen-bond donors (Lipinski definition) is 2. The van der Waals surface area contributed by atoms with E-state index in [-0.39, 0.29) is 18.0 Å². The third-order valence-electron chi connectivity index (χ3n) is 3.15. The van der Waals surface area contributed by atoms with Gasteiger partial charge in [-0.1, -0.05) is 23.7 Å². The van der Waals surface area contributed by atoms with Crippen LogP contribution in [0.15, 0.2) is 53.4 Å². The third kappa shape index (κ3) is 6.80. The molecule has 0 spiro atoms. The van der Waals surface area contributed by atoms with Crippen LogP contribution in [-0.4, -0.2) is 33.8 Å². The van der Waals surface area contributed by atoms with Crippen LogP contribution in [0.25, 0.3) is 0 Å². The van der Waals surface area contributed by atoms with E-state index in [9.17, 15) is 18.0 Å². The molecular formula is C17H17ClN2O6S. The maximum atomic E-state index is 12.0. The molecule has 2 rings (SSSR count). The zero-order chi connectivity index (χ0) is 19.9. The van der Waals surface area contributed by atoms with Crippen LogP contribution in [0.1, 0.15) is 5.56 Å². The predicted octanol–water partition coefficient (Wildman–Crippen LogP) is 2.85. The number of halogens is 1. The number of aryl methyl sites for hydroxylation is 1. The monoisotopic (exact) mass is 412 g/mol. The zero-order valence-electron chi connectivity index (χ0n) is 14.3. The van der Waals surface area contributed by atoms with E-state index < -0.39 is 22.2 Å². The molecule has 0 aliphatic carbocycles. The molecule has 2 N–H and O–H groups in total. The number of sulfonamides is 1. The molecule has 0 saturated heterocycles. The Morgan fingerprint density at radius 2 is 1.78 bits per heavy atom. The van der Waals surface area contributed by atoms with E-state index in [4.69, 9.17) is 21.1 Å². The molecule has 0 bridgehead atoms. The fourth-order valence-electron chi connectivity index (χ4n) is 1.93.